The number of hydrogen-bond donors (Lipinski definition) is 1. The van der Waals surface area contributed by atoms with Crippen LogP contribution >= 0.6 is 0 Å². The zero-order chi connectivity index (χ0) is 13.5. The third-order valence-electron chi connectivity index (χ3n) is 3.72. The van der Waals surface area contributed by atoms with Gasteiger partial charge < -0.3 is 5.11 Å². The molecule has 1 N–H and O–H groups in total. The van der Waals surface area contributed by atoms with Crippen LogP contribution in [0.4, 0.5) is 0 Å². The van der Waals surface area contributed by atoms with Gasteiger partial charge in [-0.05, 0) is 30.4 Å². The number of carbonyl (C=O) groups is 1. The predicted octanol–water partition coefficient (Wildman–Crippen LogP) is 1.65. The first-order chi connectivity index (χ1) is 9.10. The van der Waals surface area contributed by atoms with Crippen molar-refractivity contribution < 1.29 is 9.90 Å². The molecule has 0 spiro atoms. The van der Waals surface area contributed by atoms with Crippen molar-refractivity contribution in [1.29, 1.82) is 0 Å². The molecule has 5 nitrogen and oxygen atoms in total. The van der Waals surface area contributed by atoms with E-state index in [1.54, 1.807) is 18.2 Å². The predicted molar refractivity (Wildman–Crippen MR) is 69.9 cm³/mol. The molecule has 1 saturated carbocycles. The van der Waals surface area contributed by atoms with Gasteiger partial charge in [-0.15, -0.1) is 0 Å². The van der Waals surface area contributed by atoms with E-state index < -0.39 is 5.97 Å². The zero-order valence-electron chi connectivity index (χ0n) is 10.4. The van der Waals surface area contributed by atoms with Crippen molar-refractivity contribution in [2.45, 2.75) is 25.8 Å². The van der Waals surface area contributed by atoms with Crippen molar-refractivity contribution in [2.24, 2.45) is 5.41 Å². The third kappa shape index (κ3) is 2.23. The molecule has 0 unspecified atom stereocenters. The Hall–Kier alpha value is -2.17. The molecule has 19 heavy (non-hydrogen) atoms. The molecule has 1 aromatic carbocycles. The van der Waals surface area contributed by atoms with Crippen LogP contribution in [0.25, 0.3) is 10.9 Å². The average molecular weight is 258 g/mol. The number of carboxylic acid groups (broad SMARTS) is 1. The molecule has 1 aliphatic rings. The number of hydrogen-bond acceptors (Lipinski definition) is 3. The van der Waals surface area contributed by atoms with Crippen molar-refractivity contribution in [3.05, 3.63) is 40.9 Å². The summed E-state index contributed by atoms with van der Waals surface area (Å²) in [6.45, 7) is 0.440. The molecule has 5 heteroatoms. The second-order valence-corrected chi connectivity index (χ2v) is 5.27. The second-order valence-electron chi connectivity index (χ2n) is 5.27. The molecule has 1 aliphatic carbocycles. The highest BCUT2D eigenvalue weighted by atomic mass is 16.4. The summed E-state index contributed by atoms with van der Waals surface area (Å²) in [6, 6.07) is 7.19. The highest BCUT2D eigenvalue weighted by Crippen LogP contribution is 2.49. The minimum Gasteiger partial charge on any atom is -0.481 e. The van der Waals surface area contributed by atoms with Crippen LogP contribution in [0.2, 0.25) is 0 Å². The van der Waals surface area contributed by atoms with E-state index in [1.807, 2.05) is 6.07 Å². The van der Waals surface area contributed by atoms with Gasteiger partial charge in [-0.1, -0.05) is 12.1 Å². The van der Waals surface area contributed by atoms with Crippen LogP contribution in [0.1, 0.15) is 19.3 Å². The molecule has 0 radical (unpaired) electrons. The summed E-state index contributed by atoms with van der Waals surface area (Å²) in [4.78, 5) is 27.4. The summed E-state index contributed by atoms with van der Waals surface area (Å²) in [5.41, 5.74) is 0.328. The lowest BCUT2D eigenvalue weighted by molar-refractivity contribution is -0.138. The van der Waals surface area contributed by atoms with Gasteiger partial charge in [-0.3, -0.25) is 14.2 Å². The molecule has 0 aliphatic heterocycles. The van der Waals surface area contributed by atoms with Crippen LogP contribution in [0, 0.1) is 5.41 Å². The number of aromatic nitrogens is 2. The molecular formula is C14H14N2O3. The molecule has 1 fully saturated rings. The van der Waals surface area contributed by atoms with E-state index in [1.165, 1.54) is 10.9 Å². The molecule has 0 amide bonds. The molecule has 0 atom stereocenters. The molecular weight excluding hydrogens is 244 g/mol. The van der Waals surface area contributed by atoms with Crippen LogP contribution in [0.15, 0.2) is 35.4 Å². The number of aliphatic carboxylic acids is 1. The van der Waals surface area contributed by atoms with Gasteiger partial charge in [0, 0.05) is 6.54 Å². The molecule has 3 rings (SSSR count). The fourth-order valence-electron chi connectivity index (χ4n) is 2.47. The maximum atomic E-state index is 12.3. The van der Waals surface area contributed by atoms with Gasteiger partial charge in [-0.25, -0.2) is 4.98 Å². The van der Waals surface area contributed by atoms with Crippen LogP contribution < -0.4 is 5.56 Å². The Kier molecular flexibility index (Phi) is 2.62. The first-order valence-electron chi connectivity index (χ1n) is 6.26. The standard InChI is InChI=1S/C14H14N2O3/c17-12(18)7-14(5-6-14)8-16-9-15-11-4-2-1-3-10(11)13(16)19/h1-4,9H,5-8H2,(H,17,18). The Morgan fingerprint density at radius 3 is 2.79 bits per heavy atom. The number of benzene rings is 1. The summed E-state index contributed by atoms with van der Waals surface area (Å²) < 4.78 is 1.54. The molecule has 1 aromatic heterocycles. The number of nitrogens with zero attached hydrogens (tertiary/aromatic N) is 2. The van der Waals surface area contributed by atoms with Crippen LogP contribution in [0.3, 0.4) is 0 Å². The van der Waals surface area contributed by atoms with E-state index in [4.69, 9.17) is 5.11 Å². The first-order valence-corrected chi connectivity index (χ1v) is 6.26. The molecule has 0 bridgehead atoms. The number of fused-ring (bicyclic) bond motifs is 1. The Morgan fingerprint density at radius 2 is 2.11 bits per heavy atom. The van der Waals surface area contributed by atoms with E-state index in [0.29, 0.717) is 17.4 Å². The van der Waals surface area contributed by atoms with E-state index in [2.05, 4.69) is 4.98 Å². The largest absolute Gasteiger partial charge is 0.481 e. The summed E-state index contributed by atoms with van der Waals surface area (Å²) in [7, 11) is 0. The second kappa shape index (κ2) is 4.19. The third-order valence-corrected chi connectivity index (χ3v) is 3.72. The van der Waals surface area contributed by atoms with Crippen molar-refractivity contribution in [1.82, 2.24) is 9.55 Å². The van der Waals surface area contributed by atoms with Gasteiger partial charge >= 0.3 is 5.97 Å². The van der Waals surface area contributed by atoms with Gasteiger partial charge in [0.05, 0.1) is 23.7 Å². The molecule has 1 heterocycles. The quantitative estimate of drug-likeness (QED) is 0.905. The summed E-state index contributed by atoms with van der Waals surface area (Å²) in [6.07, 6.45) is 3.36. The molecule has 0 saturated heterocycles. The first kappa shape index (κ1) is 11.9. The highest BCUT2D eigenvalue weighted by molar-refractivity contribution is 5.76. The zero-order valence-corrected chi connectivity index (χ0v) is 10.4. The van der Waals surface area contributed by atoms with E-state index >= 15 is 0 Å². The minimum atomic E-state index is -0.806. The fourth-order valence-corrected chi connectivity index (χ4v) is 2.47. The van der Waals surface area contributed by atoms with Crippen LogP contribution in [0.5, 0.6) is 0 Å². The number of para-hydroxylation sites is 1. The maximum Gasteiger partial charge on any atom is 0.303 e. The lowest BCUT2D eigenvalue weighted by atomic mass is 10.0. The van der Waals surface area contributed by atoms with E-state index in [-0.39, 0.29) is 17.4 Å². The van der Waals surface area contributed by atoms with Gasteiger partial charge in [-0.2, -0.15) is 0 Å². The number of rotatable bonds is 4. The fraction of sp³-hybridized carbons (Fsp3) is 0.357. The Morgan fingerprint density at radius 1 is 1.37 bits per heavy atom. The summed E-state index contributed by atoms with van der Waals surface area (Å²) >= 11 is 0. The van der Waals surface area contributed by atoms with Crippen molar-refractivity contribution in [3.8, 4) is 0 Å². The highest BCUT2D eigenvalue weighted by Gasteiger charge is 2.44. The average Bonchev–Trinajstić information content (AvgIpc) is 3.12. The smallest absolute Gasteiger partial charge is 0.303 e. The lowest BCUT2D eigenvalue weighted by Crippen LogP contribution is -2.26. The maximum absolute atomic E-state index is 12.3. The van der Waals surface area contributed by atoms with Crippen molar-refractivity contribution in [2.75, 3.05) is 0 Å². The Balaban J connectivity index is 1.96. The van der Waals surface area contributed by atoms with Gasteiger partial charge in [0.25, 0.3) is 5.56 Å². The van der Waals surface area contributed by atoms with E-state index in [0.717, 1.165) is 12.8 Å². The summed E-state index contributed by atoms with van der Waals surface area (Å²) in [5.74, 6) is -0.806. The number of carboxylic acids is 1. The normalized spacial score (nSPS) is 16.4. The van der Waals surface area contributed by atoms with Gasteiger partial charge in [0.15, 0.2) is 0 Å². The SMILES string of the molecule is O=C(O)CC1(Cn2cnc3ccccc3c2=O)CC1. The van der Waals surface area contributed by atoms with Crippen LogP contribution in [-0.2, 0) is 11.3 Å². The Bertz CT molecular complexity index is 701. The van der Waals surface area contributed by atoms with Gasteiger partial charge in [0.2, 0.25) is 0 Å². The minimum absolute atomic E-state index is 0.0951. The summed E-state index contributed by atoms with van der Waals surface area (Å²) in [5, 5.41) is 9.48. The molecule has 2 aromatic rings. The lowest BCUT2D eigenvalue weighted by Gasteiger charge is -2.14. The Labute approximate surface area is 109 Å². The van der Waals surface area contributed by atoms with E-state index in [9.17, 15) is 9.59 Å². The monoisotopic (exact) mass is 258 g/mol. The van der Waals surface area contributed by atoms with Crippen LogP contribution in [-0.4, -0.2) is 20.6 Å². The molecule has 98 valence electrons. The topological polar surface area (TPSA) is 72.2 Å². The van der Waals surface area contributed by atoms with Gasteiger partial charge in [0.1, 0.15) is 0 Å². The van der Waals surface area contributed by atoms with Crippen molar-refractivity contribution >= 4 is 16.9 Å². The van der Waals surface area contributed by atoms with Crippen molar-refractivity contribution in [3.63, 3.8) is 0 Å².